The molecule has 0 N–H and O–H groups in total. The van der Waals surface area contributed by atoms with Crippen LogP contribution in [0.5, 0.6) is 0 Å². The van der Waals surface area contributed by atoms with Gasteiger partial charge in [0.05, 0.1) is 23.4 Å². The molecule has 0 aliphatic heterocycles. The van der Waals surface area contributed by atoms with Gasteiger partial charge in [-0.1, -0.05) is 12.1 Å². The molecule has 2 heterocycles. The average Bonchev–Trinajstić information content (AvgIpc) is 2.76. The van der Waals surface area contributed by atoms with Gasteiger partial charge in [0.1, 0.15) is 12.1 Å². The van der Waals surface area contributed by atoms with E-state index in [2.05, 4.69) is 9.97 Å². The van der Waals surface area contributed by atoms with Crippen LogP contribution in [0.2, 0.25) is 0 Å². The van der Waals surface area contributed by atoms with Crippen LogP contribution in [-0.4, -0.2) is 19.1 Å². The summed E-state index contributed by atoms with van der Waals surface area (Å²) in [6, 6.07) is 7.30. The van der Waals surface area contributed by atoms with E-state index < -0.39 is 0 Å². The normalized spacial score (nSPS) is 10.9. The summed E-state index contributed by atoms with van der Waals surface area (Å²) < 4.78 is 3.27. The van der Waals surface area contributed by atoms with E-state index >= 15 is 0 Å². The molecule has 0 amide bonds. The molecule has 17 heavy (non-hydrogen) atoms. The monoisotopic (exact) mass is 226 g/mol. The molecule has 0 bridgehead atoms. The van der Waals surface area contributed by atoms with Gasteiger partial charge in [0.15, 0.2) is 0 Å². The van der Waals surface area contributed by atoms with Crippen molar-refractivity contribution in [1.82, 2.24) is 19.1 Å². The van der Waals surface area contributed by atoms with E-state index in [1.54, 1.807) is 23.2 Å². The summed E-state index contributed by atoms with van der Waals surface area (Å²) in [5, 5.41) is 0.608. The summed E-state index contributed by atoms with van der Waals surface area (Å²) in [5.41, 5.74) is 0.620. The Morgan fingerprint density at radius 1 is 1.18 bits per heavy atom. The lowest BCUT2D eigenvalue weighted by Crippen LogP contribution is -2.20. The molecule has 0 unspecified atom stereocenters. The minimum atomic E-state index is -0.0841. The number of hydrogen-bond acceptors (Lipinski definition) is 3. The highest BCUT2D eigenvalue weighted by Crippen LogP contribution is 2.07. The van der Waals surface area contributed by atoms with Crippen LogP contribution >= 0.6 is 0 Å². The first-order valence-corrected chi connectivity index (χ1v) is 5.20. The standard InChI is InChI=1S/C12H10N4O/c1-15-7-13-6-11(15)16-8-14-10-5-3-2-4-9(10)12(16)17/h2-8H,1H3. The van der Waals surface area contributed by atoms with Crippen LogP contribution in [0.4, 0.5) is 0 Å². The second-order valence-corrected chi connectivity index (χ2v) is 3.80. The van der Waals surface area contributed by atoms with Gasteiger partial charge in [0, 0.05) is 7.05 Å². The lowest BCUT2D eigenvalue weighted by Gasteiger charge is -2.06. The van der Waals surface area contributed by atoms with Crippen molar-refractivity contribution >= 4 is 10.9 Å². The fourth-order valence-electron chi connectivity index (χ4n) is 1.81. The molecule has 2 aromatic heterocycles. The smallest absolute Gasteiger partial charge is 0.266 e. The predicted molar refractivity (Wildman–Crippen MR) is 64.1 cm³/mol. The summed E-state index contributed by atoms with van der Waals surface area (Å²) in [6.45, 7) is 0. The summed E-state index contributed by atoms with van der Waals surface area (Å²) in [4.78, 5) is 20.5. The summed E-state index contributed by atoms with van der Waals surface area (Å²) in [7, 11) is 1.84. The zero-order valence-electron chi connectivity index (χ0n) is 9.24. The maximum Gasteiger partial charge on any atom is 0.266 e. The molecule has 0 aliphatic rings. The van der Waals surface area contributed by atoms with E-state index in [1.807, 2.05) is 25.2 Å². The van der Waals surface area contributed by atoms with Gasteiger partial charge in [-0.15, -0.1) is 0 Å². The Morgan fingerprint density at radius 3 is 2.76 bits per heavy atom. The Morgan fingerprint density at radius 2 is 2.00 bits per heavy atom. The minimum absolute atomic E-state index is 0.0841. The van der Waals surface area contributed by atoms with E-state index in [0.29, 0.717) is 16.7 Å². The number of fused-ring (bicyclic) bond motifs is 1. The molecule has 0 saturated carbocycles. The maximum absolute atomic E-state index is 12.3. The molecule has 0 aliphatic carbocycles. The van der Waals surface area contributed by atoms with Crippen molar-refractivity contribution in [3.63, 3.8) is 0 Å². The quantitative estimate of drug-likeness (QED) is 0.624. The lowest BCUT2D eigenvalue weighted by atomic mass is 10.2. The van der Waals surface area contributed by atoms with Crippen LogP contribution in [0.1, 0.15) is 0 Å². The molecule has 0 radical (unpaired) electrons. The van der Waals surface area contributed by atoms with Gasteiger partial charge in [-0.2, -0.15) is 0 Å². The zero-order chi connectivity index (χ0) is 11.8. The third-order valence-corrected chi connectivity index (χ3v) is 2.70. The number of hydrogen-bond donors (Lipinski definition) is 0. The third-order valence-electron chi connectivity index (χ3n) is 2.70. The van der Waals surface area contributed by atoms with Gasteiger partial charge in [-0.25, -0.2) is 9.97 Å². The molecular weight excluding hydrogens is 216 g/mol. The highest BCUT2D eigenvalue weighted by Gasteiger charge is 2.07. The molecule has 3 rings (SSSR count). The fraction of sp³-hybridized carbons (Fsp3) is 0.0833. The van der Waals surface area contributed by atoms with E-state index in [4.69, 9.17) is 0 Å². The van der Waals surface area contributed by atoms with E-state index in [9.17, 15) is 4.79 Å². The van der Waals surface area contributed by atoms with Crippen molar-refractivity contribution in [2.24, 2.45) is 7.05 Å². The molecule has 3 aromatic rings. The van der Waals surface area contributed by atoms with Crippen molar-refractivity contribution in [1.29, 1.82) is 0 Å². The fourth-order valence-corrected chi connectivity index (χ4v) is 1.81. The number of nitrogens with zero attached hydrogens (tertiary/aromatic N) is 4. The number of imidazole rings is 1. The van der Waals surface area contributed by atoms with Crippen LogP contribution in [0, 0.1) is 0 Å². The number of para-hydroxylation sites is 1. The van der Waals surface area contributed by atoms with Crippen LogP contribution in [0.3, 0.4) is 0 Å². The Kier molecular flexibility index (Phi) is 2.04. The number of aromatic nitrogens is 4. The molecular formula is C12H10N4O. The third kappa shape index (κ3) is 1.44. The SMILES string of the molecule is Cn1cncc1-n1cnc2ccccc2c1=O. The van der Waals surface area contributed by atoms with Crippen LogP contribution in [0.15, 0.2) is 47.9 Å². The van der Waals surface area contributed by atoms with Gasteiger partial charge in [-0.3, -0.25) is 9.36 Å². The Balaban J connectivity index is 2.37. The highest BCUT2D eigenvalue weighted by molar-refractivity contribution is 5.77. The first-order valence-electron chi connectivity index (χ1n) is 5.20. The van der Waals surface area contributed by atoms with Crippen LogP contribution in [0.25, 0.3) is 16.7 Å². The first kappa shape index (κ1) is 9.77. The number of rotatable bonds is 1. The maximum atomic E-state index is 12.3. The van der Waals surface area contributed by atoms with Gasteiger partial charge in [-0.05, 0) is 12.1 Å². The summed E-state index contributed by atoms with van der Waals surface area (Å²) >= 11 is 0. The molecule has 5 heteroatoms. The Hall–Kier alpha value is -2.43. The molecule has 0 saturated heterocycles. The van der Waals surface area contributed by atoms with Crippen molar-refractivity contribution in [3.8, 4) is 5.82 Å². The van der Waals surface area contributed by atoms with Gasteiger partial charge < -0.3 is 4.57 Å². The van der Waals surface area contributed by atoms with Gasteiger partial charge in [0.2, 0.25) is 0 Å². The van der Waals surface area contributed by atoms with Crippen molar-refractivity contribution in [2.75, 3.05) is 0 Å². The van der Waals surface area contributed by atoms with Crippen molar-refractivity contribution < 1.29 is 0 Å². The molecule has 1 aromatic carbocycles. The highest BCUT2D eigenvalue weighted by atomic mass is 16.1. The van der Waals surface area contributed by atoms with E-state index in [0.717, 1.165) is 0 Å². The van der Waals surface area contributed by atoms with Crippen LogP contribution < -0.4 is 5.56 Å². The van der Waals surface area contributed by atoms with E-state index in [-0.39, 0.29) is 5.56 Å². The largest absolute Gasteiger partial charge is 0.320 e. The van der Waals surface area contributed by atoms with Crippen molar-refractivity contribution in [3.05, 3.63) is 53.5 Å². The second kappa shape index (κ2) is 3.55. The van der Waals surface area contributed by atoms with Gasteiger partial charge >= 0.3 is 0 Å². The van der Waals surface area contributed by atoms with Crippen LogP contribution in [-0.2, 0) is 7.05 Å². The predicted octanol–water partition coefficient (Wildman–Crippen LogP) is 1.12. The molecule has 84 valence electrons. The topological polar surface area (TPSA) is 52.7 Å². The average molecular weight is 226 g/mol. The molecule has 0 spiro atoms. The number of aryl methyl sites for hydroxylation is 1. The summed E-state index contributed by atoms with van der Waals surface area (Å²) in [5.74, 6) is 0.702. The molecule has 5 nitrogen and oxygen atoms in total. The number of benzene rings is 1. The summed E-state index contributed by atoms with van der Waals surface area (Å²) in [6.07, 6.45) is 4.82. The first-order chi connectivity index (χ1) is 8.27. The molecule has 0 fully saturated rings. The van der Waals surface area contributed by atoms with Gasteiger partial charge in [0.25, 0.3) is 5.56 Å². The zero-order valence-corrected chi connectivity index (χ0v) is 9.24. The Bertz CT molecular complexity index is 741. The Labute approximate surface area is 97.0 Å². The minimum Gasteiger partial charge on any atom is -0.320 e. The second-order valence-electron chi connectivity index (χ2n) is 3.80. The van der Waals surface area contributed by atoms with E-state index in [1.165, 1.54) is 10.9 Å². The van der Waals surface area contributed by atoms with Crippen molar-refractivity contribution in [2.45, 2.75) is 0 Å². The molecule has 0 atom stereocenters. The lowest BCUT2D eigenvalue weighted by molar-refractivity contribution is 0.813.